The summed E-state index contributed by atoms with van der Waals surface area (Å²) in [6.45, 7) is 2.08. The SMILES string of the molecule is CCCCC(=O)Nc1nnc(C2CCCCC2)s1. The number of aromatic nitrogens is 2. The predicted octanol–water partition coefficient (Wildman–Crippen LogP) is 3.71. The highest BCUT2D eigenvalue weighted by molar-refractivity contribution is 7.15. The number of hydrogen-bond acceptors (Lipinski definition) is 4. The number of anilines is 1. The first-order valence-electron chi connectivity index (χ1n) is 6.93. The molecule has 1 fully saturated rings. The molecule has 0 unspecified atom stereocenters. The fourth-order valence-electron chi connectivity index (χ4n) is 2.32. The number of nitrogens with zero attached hydrogens (tertiary/aromatic N) is 2. The Balaban J connectivity index is 1.87. The van der Waals surface area contributed by atoms with Crippen LogP contribution in [-0.4, -0.2) is 16.1 Å². The van der Waals surface area contributed by atoms with E-state index in [-0.39, 0.29) is 5.91 Å². The summed E-state index contributed by atoms with van der Waals surface area (Å²) in [5.41, 5.74) is 0. The second-order valence-electron chi connectivity index (χ2n) is 4.93. The summed E-state index contributed by atoms with van der Waals surface area (Å²) in [4.78, 5) is 11.6. The largest absolute Gasteiger partial charge is 0.301 e. The van der Waals surface area contributed by atoms with Crippen molar-refractivity contribution >= 4 is 22.4 Å². The molecule has 1 amide bonds. The van der Waals surface area contributed by atoms with E-state index in [1.807, 2.05) is 0 Å². The molecule has 5 heteroatoms. The summed E-state index contributed by atoms with van der Waals surface area (Å²) in [7, 11) is 0. The molecule has 100 valence electrons. The van der Waals surface area contributed by atoms with Gasteiger partial charge in [0.05, 0.1) is 0 Å². The average Bonchev–Trinajstić information content (AvgIpc) is 2.86. The van der Waals surface area contributed by atoms with E-state index in [2.05, 4.69) is 22.4 Å². The Morgan fingerprint density at radius 2 is 2.11 bits per heavy atom. The summed E-state index contributed by atoms with van der Waals surface area (Å²) in [6, 6.07) is 0. The van der Waals surface area contributed by atoms with Gasteiger partial charge < -0.3 is 5.32 Å². The number of carbonyl (C=O) groups is 1. The Bertz CT molecular complexity index is 385. The molecular weight excluding hydrogens is 246 g/mol. The van der Waals surface area contributed by atoms with Gasteiger partial charge in [-0.15, -0.1) is 10.2 Å². The summed E-state index contributed by atoms with van der Waals surface area (Å²) in [6.07, 6.45) is 8.92. The van der Waals surface area contributed by atoms with Crippen LogP contribution in [0.3, 0.4) is 0 Å². The van der Waals surface area contributed by atoms with Crippen LogP contribution in [0.1, 0.15) is 69.2 Å². The monoisotopic (exact) mass is 267 g/mol. The van der Waals surface area contributed by atoms with Gasteiger partial charge in [0.2, 0.25) is 11.0 Å². The summed E-state index contributed by atoms with van der Waals surface area (Å²) in [5, 5.41) is 12.9. The summed E-state index contributed by atoms with van der Waals surface area (Å²) in [5.74, 6) is 0.626. The summed E-state index contributed by atoms with van der Waals surface area (Å²) >= 11 is 1.55. The third kappa shape index (κ3) is 3.77. The van der Waals surface area contributed by atoms with Crippen LogP contribution in [0.25, 0.3) is 0 Å². The molecule has 2 rings (SSSR count). The Kier molecular flexibility index (Phi) is 5.11. The number of hydrogen-bond donors (Lipinski definition) is 1. The van der Waals surface area contributed by atoms with Gasteiger partial charge in [-0.1, -0.05) is 43.9 Å². The van der Waals surface area contributed by atoms with Crippen LogP contribution in [0, 0.1) is 0 Å². The molecule has 4 nitrogen and oxygen atoms in total. The predicted molar refractivity (Wildman–Crippen MR) is 73.9 cm³/mol. The van der Waals surface area contributed by atoms with Crippen LogP contribution in [0.15, 0.2) is 0 Å². The normalized spacial score (nSPS) is 16.7. The topological polar surface area (TPSA) is 54.9 Å². The third-order valence-corrected chi connectivity index (χ3v) is 4.40. The van der Waals surface area contributed by atoms with Crippen LogP contribution >= 0.6 is 11.3 Å². The highest BCUT2D eigenvalue weighted by Gasteiger charge is 2.20. The van der Waals surface area contributed by atoms with Gasteiger partial charge >= 0.3 is 0 Å². The molecule has 0 spiro atoms. The van der Waals surface area contributed by atoms with Crippen molar-refractivity contribution in [3.05, 3.63) is 5.01 Å². The minimum Gasteiger partial charge on any atom is -0.301 e. The summed E-state index contributed by atoms with van der Waals surface area (Å²) < 4.78 is 0. The molecule has 0 bridgehead atoms. The minimum atomic E-state index is 0.0585. The lowest BCUT2D eigenvalue weighted by Gasteiger charge is -2.18. The third-order valence-electron chi connectivity index (χ3n) is 3.40. The fourth-order valence-corrected chi connectivity index (χ4v) is 3.25. The second-order valence-corrected chi connectivity index (χ2v) is 5.94. The molecule has 1 aromatic rings. The average molecular weight is 267 g/mol. The zero-order valence-corrected chi connectivity index (χ0v) is 11.8. The van der Waals surface area contributed by atoms with Crippen molar-refractivity contribution in [1.82, 2.24) is 10.2 Å². The van der Waals surface area contributed by atoms with E-state index < -0.39 is 0 Å². The zero-order valence-electron chi connectivity index (χ0n) is 10.9. The minimum absolute atomic E-state index is 0.0585. The molecule has 0 aliphatic heterocycles. The van der Waals surface area contributed by atoms with Gasteiger partial charge in [-0.3, -0.25) is 4.79 Å². The Morgan fingerprint density at radius 1 is 1.33 bits per heavy atom. The maximum Gasteiger partial charge on any atom is 0.226 e. The van der Waals surface area contributed by atoms with Crippen LogP contribution in [0.2, 0.25) is 0 Å². The maximum atomic E-state index is 11.6. The second kappa shape index (κ2) is 6.83. The van der Waals surface area contributed by atoms with E-state index in [0.717, 1.165) is 17.8 Å². The van der Waals surface area contributed by atoms with Crippen molar-refractivity contribution < 1.29 is 4.79 Å². The maximum absolute atomic E-state index is 11.6. The van der Waals surface area contributed by atoms with Crippen molar-refractivity contribution in [2.24, 2.45) is 0 Å². The lowest BCUT2D eigenvalue weighted by molar-refractivity contribution is -0.116. The quantitative estimate of drug-likeness (QED) is 0.884. The molecule has 0 aromatic carbocycles. The van der Waals surface area contributed by atoms with Gasteiger partial charge in [0.25, 0.3) is 0 Å². The Morgan fingerprint density at radius 3 is 2.83 bits per heavy atom. The van der Waals surface area contributed by atoms with Crippen LogP contribution in [-0.2, 0) is 4.79 Å². The molecule has 1 saturated carbocycles. The van der Waals surface area contributed by atoms with Crippen LogP contribution < -0.4 is 5.32 Å². The van der Waals surface area contributed by atoms with Gasteiger partial charge in [0.1, 0.15) is 5.01 Å². The van der Waals surface area contributed by atoms with Crippen LogP contribution in [0.4, 0.5) is 5.13 Å². The molecule has 1 aromatic heterocycles. The molecule has 0 atom stereocenters. The molecule has 0 saturated heterocycles. The lowest BCUT2D eigenvalue weighted by Crippen LogP contribution is -2.10. The highest BCUT2D eigenvalue weighted by atomic mass is 32.1. The van der Waals surface area contributed by atoms with Gasteiger partial charge in [0, 0.05) is 12.3 Å². The number of nitrogens with one attached hydrogen (secondary N) is 1. The van der Waals surface area contributed by atoms with E-state index in [1.54, 1.807) is 11.3 Å². The van der Waals surface area contributed by atoms with Crippen LogP contribution in [0.5, 0.6) is 0 Å². The Labute approximate surface area is 112 Å². The van der Waals surface area contributed by atoms with E-state index in [0.29, 0.717) is 17.5 Å². The first kappa shape index (κ1) is 13.5. The standard InChI is InChI=1S/C13H21N3OS/c1-2-3-9-11(17)14-13-16-15-12(18-13)10-7-5-4-6-8-10/h10H,2-9H2,1H3,(H,14,16,17). The molecule has 1 aliphatic carbocycles. The van der Waals surface area contributed by atoms with Crippen molar-refractivity contribution in [2.75, 3.05) is 5.32 Å². The van der Waals surface area contributed by atoms with Crippen molar-refractivity contribution in [2.45, 2.75) is 64.2 Å². The number of amides is 1. The molecular formula is C13H21N3OS. The first-order chi connectivity index (χ1) is 8.79. The Hall–Kier alpha value is -0.970. The molecule has 18 heavy (non-hydrogen) atoms. The molecule has 1 heterocycles. The van der Waals surface area contributed by atoms with E-state index in [9.17, 15) is 4.79 Å². The van der Waals surface area contributed by atoms with Gasteiger partial charge in [-0.05, 0) is 19.3 Å². The fraction of sp³-hybridized carbons (Fsp3) is 0.769. The van der Waals surface area contributed by atoms with E-state index in [1.165, 1.54) is 32.1 Å². The molecule has 1 N–H and O–H groups in total. The highest BCUT2D eigenvalue weighted by Crippen LogP contribution is 2.35. The van der Waals surface area contributed by atoms with Gasteiger partial charge in [0.15, 0.2) is 0 Å². The molecule has 0 radical (unpaired) electrons. The lowest BCUT2D eigenvalue weighted by atomic mass is 9.90. The van der Waals surface area contributed by atoms with Gasteiger partial charge in [-0.2, -0.15) is 0 Å². The van der Waals surface area contributed by atoms with E-state index in [4.69, 9.17) is 0 Å². The first-order valence-corrected chi connectivity index (χ1v) is 7.74. The number of rotatable bonds is 5. The van der Waals surface area contributed by atoms with E-state index >= 15 is 0 Å². The van der Waals surface area contributed by atoms with Crippen molar-refractivity contribution in [3.8, 4) is 0 Å². The number of unbranched alkanes of at least 4 members (excludes halogenated alkanes) is 1. The zero-order chi connectivity index (χ0) is 12.8. The smallest absolute Gasteiger partial charge is 0.226 e. The number of carbonyl (C=O) groups excluding carboxylic acids is 1. The van der Waals surface area contributed by atoms with Crippen molar-refractivity contribution in [3.63, 3.8) is 0 Å². The van der Waals surface area contributed by atoms with Crippen molar-refractivity contribution in [1.29, 1.82) is 0 Å². The van der Waals surface area contributed by atoms with Gasteiger partial charge in [-0.25, -0.2) is 0 Å². The molecule has 1 aliphatic rings.